The molecule has 2 aromatic rings. The zero-order chi connectivity index (χ0) is 19.4. The molecule has 1 aromatic carbocycles. The fourth-order valence-corrected chi connectivity index (χ4v) is 2.87. The standard InChI is InChI=1S/C17H19FN6O3/c1-11-6-8-23(9-7-11)16-14(24(26)27)15(19-10-20-16)21-22-17(25)12-2-4-13(18)5-3-12/h2-5,10-11H,6-9H2,1H3,(H,22,25)(H,19,20,21). The van der Waals surface area contributed by atoms with Crippen molar-refractivity contribution in [3.8, 4) is 0 Å². The first kappa shape index (κ1) is 18.5. The van der Waals surface area contributed by atoms with Crippen LogP contribution in [0, 0.1) is 21.8 Å². The van der Waals surface area contributed by atoms with Gasteiger partial charge in [-0.1, -0.05) is 6.92 Å². The van der Waals surface area contributed by atoms with Crippen molar-refractivity contribution in [3.63, 3.8) is 0 Å². The Balaban J connectivity index is 1.78. The molecule has 10 heteroatoms. The summed E-state index contributed by atoms with van der Waals surface area (Å²) in [6, 6.07) is 4.91. The number of benzene rings is 1. The van der Waals surface area contributed by atoms with Crippen LogP contribution in [0.5, 0.6) is 0 Å². The van der Waals surface area contributed by atoms with Gasteiger partial charge in [-0.15, -0.1) is 0 Å². The Bertz CT molecular complexity index is 837. The second kappa shape index (κ2) is 7.94. The van der Waals surface area contributed by atoms with Crippen molar-refractivity contribution in [3.05, 3.63) is 52.1 Å². The van der Waals surface area contributed by atoms with Crippen molar-refractivity contribution < 1.29 is 14.1 Å². The highest BCUT2D eigenvalue weighted by Crippen LogP contribution is 2.33. The van der Waals surface area contributed by atoms with Crippen LogP contribution in [0.2, 0.25) is 0 Å². The summed E-state index contributed by atoms with van der Waals surface area (Å²) in [6.45, 7) is 3.48. The van der Waals surface area contributed by atoms with E-state index in [1.54, 1.807) is 0 Å². The molecule has 1 saturated heterocycles. The number of nitrogens with one attached hydrogen (secondary N) is 2. The summed E-state index contributed by atoms with van der Waals surface area (Å²) in [5, 5.41) is 11.6. The van der Waals surface area contributed by atoms with E-state index >= 15 is 0 Å². The zero-order valence-electron chi connectivity index (χ0n) is 14.7. The van der Waals surface area contributed by atoms with Gasteiger partial charge in [-0.3, -0.25) is 25.8 Å². The maximum absolute atomic E-state index is 12.9. The number of rotatable bonds is 5. The van der Waals surface area contributed by atoms with Crippen LogP contribution in [0.15, 0.2) is 30.6 Å². The molecule has 27 heavy (non-hydrogen) atoms. The molecule has 0 saturated carbocycles. The van der Waals surface area contributed by atoms with Gasteiger partial charge in [0.1, 0.15) is 12.1 Å². The van der Waals surface area contributed by atoms with Crippen molar-refractivity contribution in [2.75, 3.05) is 23.4 Å². The van der Waals surface area contributed by atoms with Gasteiger partial charge in [0, 0.05) is 18.7 Å². The number of nitro groups is 1. The van der Waals surface area contributed by atoms with E-state index in [0.717, 1.165) is 25.0 Å². The summed E-state index contributed by atoms with van der Waals surface area (Å²) in [5.74, 6) is -0.364. The number of aromatic nitrogens is 2. The maximum Gasteiger partial charge on any atom is 0.355 e. The first-order valence-corrected chi connectivity index (χ1v) is 8.52. The third kappa shape index (κ3) is 4.27. The molecule has 1 aromatic heterocycles. The predicted octanol–water partition coefficient (Wildman–Crippen LogP) is 2.52. The monoisotopic (exact) mass is 374 g/mol. The Labute approximate surface area is 154 Å². The molecule has 0 radical (unpaired) electrons. The van der Waals surface area contributed by atoms with Crippen LogP contribution in [0.25, 0.3) is 0 Å². The Kier molecular flexibility index (Phi) is 5.43. The Morgan fingerprint density at radius 2 is 1.93 bits per heavy atom. The van der Waals surface area contributed by atoms with E-state index in [-0.39, 0.29) is 22.9 Å². The smallest absolute Gasteiger partial charge is 0.351 e. The van der Waals surface area contributed by atoms with E-state index in [1.165, 1.54) is 18.5 Å². The third-order valence-electron chi connectivity index (χ3n) is 4.47. The summed E-state index contributed by atoms with van der Waals surface area (Å²) in [5.41, 5.74) is 4.73. The van der Waals surface area contributed by atoms with Crippen molar-refractivity contribution >= 4 is 23.2 Å². The molecule has 0 aliphatic carbocycles. The molecule has 142 valence electrons. The number of piperidine rings is 1. The molecule has 0 atom stereocenters. The Hall–Kier alpha value is -3.30. The lowest BCUT2D eigenvalue weighted by Gasteiger charge is -2.30. The van der Waals surface area contributed by atoms with Gasteiger partial charge in [-0.25, -0.2) is 14.4 Å². The average Bonchev–Trinajstić information content (AvgIpc) is 2.66. The van der Waals surface area contributed by atoms with Crippen LogP contribution in [-0.4, -0.2) is 33.9 Å². The lowest BCUT2D eigenvalue weighted by molar-refractivity contribution is -0.383. The highest BCUT2D eigenvalue weighted by molar-refractivity contribution is 5.95. The summed E-state index contributed by atoms with van der Waals surface area (Å²) < 4.78 is 12.9. The van der Waals surface area contributed by atoms with Crippen molar-refractivity contribution in [2.45, 2.75) is 19.8 Å². The van der Waals surface area contributed by atoms with E-state index in [9.17, 15) is 19.3 Å². The van der Waals surface area contributed by atoms with Crippen molar-refractivity contribution in [1.82, 2.24) is 15.4 Å². The first-order chi connectivity index (χ1) is 13.0. The number of hydrogen-bond donors (Lipinski definition) is 2. The number of carbonyl (C=O) groups excluding carboxylic acids is 1. The number of hydrogen-bond acceptors (Lipinski definition) is 7. The molecule has 0 bridgehead atoms. The summed E-state index contributed by atoms with van der Waals surface area (Å²) in [6.07, 6.45) is 3.06. The zero-order valence-corrected chi connectivity index (χ0v) is 14.7. The number of amides is 1. The minimum atomic E-state index is -0.573. The number of carbonyl (C=O) groups is 1. The van der Waals surface area contributed by atoms with E-state index < -0.39 is 16.6 Å². The quantitative estimate of drug-likeness (QED) is 0.611. The largest absolute Gasteiger partial charge is 0.355 e. The second-order valence-corrected chi connectivity index (χ2v) is 6.41. The van der Waals surface area contributed by atoms with E-state index in [4.69, 9.17) is 0 Å². The maximum atomic E-state index is 12.9. The molecule has 1 aliphatic heterocycles. The summed E-state index contributed by atoms with van der Waals surface area (Å²) in [7, 11) is 0. The molecule has 1 fully saturated rings. The van der Waals surface area contributed by atoms with Crippen LogP contribution in [0.3, 0.4) is 0 Å². The van der Waals surface area contributed by atoms with Gasteiger partial charge in [0.05, 0.1) is 4.92 Å². The topological polar surface area (TPSA) is 113 Å². The molecule has 2 N–H and O–H groups in total. The van der Waals surface area contributed by atoms with Gasteiger partial charge in [0.2, 0.25) is 11.6 Å². The number of hydrazine groups is 1. The lowest BCUT2D eigenvalue weighted by atomic mass is 9.99. The molecular weight excluding hydrogens is 355 g/mol. The molecule has 1 aliphatic rings. The predicted molar refractivity (Wildman–Crippen MR) is 96.8 cm³/mol. The van der Waals surface area contributed by atoms with E-state index in [0.29, 0.717) is 19.0 Å². The minimum Gasteiger partial charge on any atom is -0.351 e. The molecule has 0 spiro atoms. The normalized spacial score (nSPS) is 14.7. The average molecular weight is 374 g/mol. The fraction of sp³-hybridized carbons (Fsp3) is 0.353. The highest BCUT2D eigenvalue weighted by Gasteiger charge is 2.29. The Morgan fingerprint density at radius 3 is 2.56 bits per heavy atom. The molecule has 0 unspecified atom stereocenters. The molecule has 9 nitrogen and oxygen atoms in total. The van der Waals surface area contributed by atoms with Crippen molar-refractivity contribution in [1.29, 1.82) is 0 Å². The molecule has 2 heterocycles. The van der Waals surface area contributed by atoms with Crippen LogP contribution < -0.4 is 15.8 Å². The molecule has 3 rings (SSSR count). The van der Waals surface area contributed by atoms with E-state index in [2.05, 4.69) is 27.7 Å². The molecular formula is C17H19FN6O3. The SMILES string of the molecule is CC1CCN(c2ncnc(NNC(=O)c3ccc(F)cc3)c2[N+](=O)[O-])CC1. The minimum absolute atomic E-state index is 0.112. The summed E-state index contributed by atoms with van der Waals surface area (Å²) >= 11 is 0. The van der Waals surface area contributed by atoms with Crippen molar-refractivity contribution in [2.24, 2.45) is 5.92 Å². The first-order valence-electron chi connectivity index (χ1n) is 8.52. The van der Waals surface area contributed by atoms with Crippen LogP contribution >= 0.6 is 0 Å². The van der Waals surface area contributed by atoms with E-state index in [1.807, 2.05) is 4.90 Å². The van der Waals surface area contributed by atoms with Gasteiger partial charge in [-0.2, -0.15) is 0 Å². The Morgan fingerprint density at radius 1 is 1.26 bits per heavy atom. The number of anilines is 2. The second-order valence-electron chi connectivity index (χ2n) is 6.41. The number of halogens is 1. The van der Waals surface area contributed by atoms with Crippen LogP contribution in [-0.2, 0) is 0 Å². The van der Waals surface area contributed by atoms with Crippen LogP contribution in [0.1, 0.15) is 30.1 Å². The summed E-state index contributed by atoms with van der Waals surface area (Å²) in [4.78, 5) is 33.0. The molecule has 1 amide bonds. The fourth-order valence-electron chi connectivity index (χ4n) is 2.87. The van der Waals surface area contributed by atoms with Gasteiger partial charge >= 0.3 is 5.69 Å². The lowest BCUT2D eigenvalue weighted by Crippen LogP contribution is -2.35. The number of nitrogens with zero attached hydrogens (tertiary/aromatic N) is 4. The third-order valence-corrected chi connectivity index (χ3v) is 4.47. The highest BCUT2D eigenvalue weighted by atomic mass is 19.1. The van der Waals surface area contributed by atoms with Crippen LogP contribution in [0.4, 0.5) is 21.7 Å². The van der Waals surface area contributed by atoms with Gasteiger partial charge in [-0.05, 0) is 43.0 Å². The van der Waals surface area contributed by atoms with Gasteiger partial charge in [0.15, 0.2) is 0 Å². The van der Waals surface area contributed by atoms with Gasteiger partial charge < -0.3 is 4.90 Å². The van der Waals surface area contributed by atoms with Gasteiger partial charge in [0.25, 0.3) is 5.91 Å².